The number of carbonyl (C=O) groups excluding carboxylic acids is 1. The first-order chi connectivity index (χ1) is 12.0. The molecular formula is C18H20N6O. The van der Waals surface area contributed by atoms with Crippen molar-refractivity contribution in [2.75, 3.05) is 23.8 Å². The van der Waals surface area contributed by atoms with Crippen molar-refractivity contribution in [3.63, 3.8) is 0 Å². The molecule has 128 valence electrons. The number of aryl methyl sites for hydroxylation is 2. The van der Waals surface area contributed by atoms with E-state index < -0.39 is 0 Å². The maximum Gasteiger partial charge on any atom is 0.227 e. The van der Waals surface area contributed by atoms with Crippen LogP contribution in [0.4, 0.5) is 11.5 Å². The number of nitrogens with one attached hydrogen (secondary N) is 1. The van der Waals surface area contributed by atoms with E-state index in [1.165, 1.54) is 5.56 Å². The summed E-state index contributed by atoms with van der Waals surface area (Å²) in [6, 6.07) is 8.07. The smallest absolute Gasteiger partial charge is 0.227 e. The van der Waals surface area contributed by atoms with Crippen LogP contribution in [0.5, 0.6) is 0 Å². The number of benzene rings is 1. The first kappa shape index (κ1) is 15.6. The molecule has 0 saturated carbocycles. The number of fused-ring (bicyclic) bond motifs is 2. The number of hydrogen-bond acceptors (Lipinski definition) is 5. The van der Waals surface area contributed by atoms with Crippen molar-refractivity contribution in [3.8, 4) is 0 Å². The van der Waals surface area contributed by atoms with Crippen LogP contribution in [0.3, 0.4) is 0 Å². The Balaban J connectivity index is 1.64. The largest absolute Gasteiger partial charge is 0.369 e. The number of aromatic nitrogens is 4. The van der Waals surface area contributed by atoms with Crippen LogP contribution in [0.1, 0.15) is 23.7 Å². The second-order valence-electron chi connectivity index (χ2n) is 6.42. The van der Waals surface area contributed by atoms with Crippen molar-refractivity contribution in [2.24, 2.45) is 7.05 Å². The van der Waals surface area contributed by atoms with Gasteiger partial charge in [0.25, 0.3) is 0 Å². The Morgan fingerprint density at radius 1 is 1.24 bits per heavy atom. The fraction of sp³-hybridized carbons (Fsp3) is 0.333. The molecule has 1 unspecified atom stereocenters. The van der Waals surface area contributed by atoms with E-state index in [1.807, 2.05) is 39.2 Å². The molecule has 0 spiro atoms. The Kier molecular flexibility index (Phi) is 3.63. The van der Waals surface area contributed by atoms with E-state index in [1.54, 1.807) is 15.8 Å². The third-order valence-electron chi connectivity index (χ3n) is 4.75. The van der Waals surface area contributed by atoms with Crippen LogP contribution in [0.15, 0.2) is 30.5 Å². The van der Waals surface area contributed by atoms with Gasteiger partial charge in [0.05, 0.1) is 11.6 Å². The van der Waals surface area contributed by atoms with Crippen LogP contribution in [-0.4, -0.2) is 39.2 Å². The summed E-state index contributed by atoms with van der Waals surface area (Å²) in [5, 5.41) is 8.57. The highest BCUT2D eigenvalue weighted by atomic mass is 16.2. The summed E-state index contributed by atoms with van der Waals surface area (Å²) in [5.41, 5.74) is 2.97. The van der Waals surface area contributed by atoms with Gasteiger partial charge in [-0.1, -0.05) is 18.2 Å². The van der Waals surface area contributed by atoms with Crippen molar-refractivity contribution in [2.45, 2.75) is 19.3 Å². The molecule has 1 N–H and O–H groups in total. The second kappa shape index (κ2) is 5.84. The Bertz CT molecular complexity index is 963. The molecule has 1 aliphatic rings. The second-order valence-corrected chi connectivity index (χ2v) is 6.42. The van der Waals surface area contributed by atoms with E-state index in [9.17, 15) is 4.79 Å². The van der Waals surface area contributed by atoms with Crippen LogP contribution in [0, 0.1) is 6.92 Å². The van der Waals surface area contributed by atoms with Gasteiger partial charge in [-0.3, -0.25) is 9.48 Å². The maximum absolute atomic E-state index is 12.3. The Hall–Kier alpha value is -2.96. The monoisotopic (exact) mass is 336 g/mol. The summed E-state index contributed by atoms with van der Waals surface area (Å²) in [6.45, 7) is 2.50. The molecule has 1 amide bonds. The first-order valence-electron chi connectivity index (χ1n) is 8.30. The number of anilines is 2. The Morgan fingerprint density at radius 2 is 2.04 bits per heavy atom. The average Bonchev–Trinajstić information content (AvgIpc) is 2.98. The molecule has 1 atom stereocenters. The van der Waals surface area contributed by atoms with Gasteiger partial charge in [0.1, 0.15) is 11.6 Å². The van der Waals surface area contributed by atoms with E-state index in [-0.39, 0.29) is 11.8 Å². The van der Waals surface area contributed by atoms with Crippen LogP contribution in [-0.2, 0) is 11.8 Å². The zero-order valence-electron chi connectivity index (χ0n) is 14.5. The topological polar surface area (TPSA) is 75.9 Å². The van der Waals surface area contributed by atoms with Gasteiger partial charge >= 0.3 is 0 Å². The van der Waals surface area contributed by atoms with Crippen molar-refractivity contribution < 1.29 is 4.79 Å². The zero-order valence-corrected chi connectivity index (χ0v) is 14.5. The molecule has 1 aromatic carbocycles. The van der Waals surface area contributed by atoms with Gasteiger partial charge in [0, 0.05) is 38.7 Å². The lowest BCUT2D eigenvalue weighted by Crippen LogP contribution is -2.35. The molecule has 3 aromatic rings. The summed E-state index contributed by atoms with van der Waals surface area (Å²) in [5.74, 6) is 1.70. The number of para-hydroxylation sites is 1. The minimum atomic E-state index is 0.113. The van der Waals surface area contributed by atoms with Crippen LogP contribution >= 0.6 is 0 Å². The molecule has 0 fully saturated rings. The first-order valence-corrected chi connectivity index (χ1v) is 8.30. The van der Waals surface area contributed by atoms with Crippen LogP contribution in [0.25, 0.3) is 11.0 Å². The number of rotatable bonds is 3. The quantitative estimate of drug-likeness (QED) is 0.794. The van der Waals surface area contributed by atoms with Gasteiger partial charge < -0.3 is 10.2 Å². The molecule has 0 saturated heterocycles. The van der Waals surface area contributed by atoms with Crippen molar-refractivity contribution in [3.05, 3.63) is 41.9 Å². The molecule has 0 radical (unpaired) electrons. The average molecular weight is 336 g/mol. The predicted octanol–water partition coefficient (Wildman–Crippen LogP) is 2.23. The Morgan fingerprint density at radius 3 is 2.88 bits per heavy atom. The molecule has 7 heteroatoms. The maximum atomic E-state index is 12.3. The van der Waals surface area contributed by atoms with Crippen molar-refractivity contribution >= 4 is 28.4 Å². The SMILES string of the molecule is Cc1nc(NCC2CC(=O)N(C)c3ccccc32)c2cnn(C)c2n1. The molecule has 0 bridgehead atoms. The third kappa shape index (κ3) is 2.61. The minimum Gasteiger partial charge on any atom is -0.369 e. The van der Waals surface area contributed by atoms with Gasteiger partial charge in [-0.05, 0) is 18.6 Å². The van der Waals surface area contributed by atoms with Gasteiger partial charge in [0.2, 0.25) is 5.91 Å². The molecular weight excluding hydrogens is 316 g/mol. The van der Waals surface area contributed by atoms with E-state index in [0.717, 1.165) is 22.5 Å². The fourth-order valence-corrected chi connectivity index (χ4v) is 3.40. The molecule has 2 aromatic heterocycles. The fourth-order valence-electron chi connectivity index (χ4n) is 3.40. The van der Waals surface area contributed by atoms with E-state index in [4.69, 9.17) is 0 Å². The Labute approximate surface area is 145 Å². The van der Waals surface area contributed by atoms with Gasteiger partial charge in [-0.2, -0.15) is 5.10 Å². The van der Waals surface area contributed by atoms with Crippen LogP contribution in [0.2, 0.25) is 0 Å². The number of hydrogen-bond donors (Lipinski definition) is 1. The molecule has 25 heavy (non-hydrogen) atoms. The highest BCUT2D eigenvalue weighted by Crippen LogP contribution is 2.35. The highest BCUT2D eigenvalue weighted by molar-refractivity contribution is 5.96. The summed E-state index contributed by atoms with van der Waals surface area (Å²) in [6.07, 6.45) is 2.26. The van der Waals surface area contributed by atoms with Crippen LogP contribution < -0.4 is 10.2 Å². The predicted molar refractivity (Wildman–Crippen MR) is 96.7 cm³/mol. The van der Waals surface area contributed by atoms with Gasteiger partial charge in [0.15, 0.2) is 5.65 Å². The molecule has 0 aliphatic carbocycles. The zero-order chi connectivity index (χ0) is 17.6. The lowest BCUT2D eigenvalue weighted by Gasteiger charge is -2.31. The van der Waals surface area contributed by atoms with E-state index in [2.05, 4.69) is 26.4 Å². The molecule has 1 aliphatic heterocycles. The summed E-state index contributed by atoms with van der Waals surface area (Å²) >= 11 is 0. The summed E-state index contributed by atoms with van der Waals surface area (Å²) < 4.78 is 1.74. The standard InChI is InChI=1S/C18H20N6O/c1-11-21-17(14-10-20-24(3)18(14)22-11)19-9-12-8-16(25)23(2)15-7-5-4-6-13(12)15/h4-7,10,12H,8-9H2,1-3H3,(H,19,21,22). The van der Waals surface area contributed by atoms with Crippen molar-refractivity contribution in [1.29, 1.82) is 0 Å². The van der Waals surface area contributed by atoms with E-state index in [0.29, 0.717) is 18.8 Å². The summed E-state index contributed by atoms with van der Waals surface area (Å²) in [4.78, 5) is 23.0. The minimum absolute atomic E-state index is 0.113. The lowest BCUT2D eigenvalue weighted by atomic mass is 9.89. The lowest BCUT2D eigenvalue weighted by molar-refractivity contribution is -0.119. The molecule has 4 rings (SSSR count). The summed E-state index contributed by atoms with van der Waals surface area (Å²) in [7, 11) is 3.70. The van der Waals surface area contributed by atoms with Gasteiger partial charge in [-0.25, -0.2) is 9.97 Å². The van der Waals surface area contributed by atoms with Crippen molar-refractivity contribution in [1.82, 2.24) is 19.7 Å². The number of carbonyl (C=O) groups is 1. The molecule has 3 heterocycles. The number of amides is 1. The van der Waals surface area contributed by atoms with Gasteiger partial charge in [-0.15, -0.1) is 0 Å². The molecule has 7 nitrogen and oxygen atoms in total. The van der Waals surface area contributed by atoms with E-state index >= 15 is 0 Å². The third-order valence-corrected chi connectivity index (χ3v) is 4.75. The highest BCUT2D eigenvalue weighted by Gasteiger charge is 2.28. The normalized spacial score (nSPS) is 17.0. The number of nitrogens with zero attached hydrogens (tertiary/aromatic N) is 5.